The molecule has 0 aliphatic carbocycles. The van der Waals surface area contributed by atoms with Crippen molar-refractivity contribution < 1.29 is 9.69 Å². The van der Waals surface area contributed by atoms with Crippen LogP contribution in [-0.2, 0) is 11.3 Å². The van der Waals surface area contributed by atoms with Gasteiger partial charge in [0.25, 0.3) is 5.91 Å². The van der Waals surface area contributed by atoms with E-state index in [0.29, 0.717) is 19.1 Å². The molecule has 1 aromatic heterocycles. The first kappa shape index (κ1) is 17.0. The summed E-state index contributed by atoms with van der Waals surface area (Å²) in [6.07, 6.45) is 2.40. The zero-order valence-corrected chi connectivity index (χ0v) is 15.2. The molecule has 2 atom stereocenters. The Kier molecular flexibility index (Phi) is 5.53. The van der Waals surface area contributed by atoms with Crippen LogP contribution in [0.2, 0.25) is 0 Å². The molecule has 0 radical (unpaired) electrons. The van der Waals surface area contributed by atoms with Gasteiger partial charge in [-0.3, -0.25) is 4.79 Å². The fourth-order valence-electron chi connectivity index (χ4n) is 3.34. The predicted octanol–water partition coefficient (Wildman–Crippen LogP) is 1.85. The second-order valence-corrected chi connectivity index (χ2v) is 7.61. The van der Waals surface area contributed by atoms with Crippen LogP contribution in [0.3, 0.4) is 0 Å². The normalized spacial score (nSPS) is 20.1. The van der Waals surface area contributed by atoms with E-state index in [1.54, 1.807) is 0 Å². The molecule has 1 aliphatic heterocycles. The van der Waals surface area contributed by atoms with Crippen molar-refractivity contribution in [1.82, 2.24) is 5.32 Å². The van der Waals surface area contributed by atoms with Crippen LogP contribution in [0.15, 0.2) is 41.8 Å². The summed E-state index contributed by atoms with van der Waals surface area (Å²) in [5.74, 6) is 0.144. The van der Waals surface area contributed by atoms with Gasteiger partial charge in [0.05, 0.1) is 11.4 Å². The van der Waals surface area contributed by atoms with E-state index in [1.165, 1.54) is 28.3 Å². The van der Waals surface area contributed by atoms with Crippen molar-refractivity contribution in [3.05, 3.63) is 52.2 Å². The molecule has 24 heavy (non-hydrogen) atoms. The van der Waals surface area contributed by atoms with E-state index in [-0.39, 0.29) is 5.91 Å². The fourth-order valence-corrected chi connectivity index (χ4v) is 4.26. The highest BCUT2D eigenvalue weighted by molar-refractivity contribution is 7.10. The van der Waals surface area contributed by atoms with E-state index < -0.39 is 0 Å². The van der Waals surface area contributed by atoms with Crippen LogP contribution in [0, 0.1) is 0 Å². The number of rotatable bonds is 6. The third kappa shape index (κ3) is 4.16. The van der Waals surface area contributed by atoms with Crippen molar-refractivity contribution in [1.29, 1.82) is 0 Å². The number of hydrogen-bond acceptors (Lipinski definition) is 3. The van der Waals surface area contributed by atoms with Crippen LogP contribution in [0.1, 0.15) is 29.3 Å². The molecule has 1 saturated heterocycles. The average molecular weight is 345 g/mol. The SMILES string of the molecule is CN(C)c1ccc(CNC(=O)C[NH+]2CCC[C@@H]2c2cccs2)cc1. The molecule has 1 aliphatic rings. The Morgan fingerprint density at radius 1 is 1.29 bits per heavy atom. The summed E-state index contributed by atoms with van der Waals surface area (Å²) in [5.41, 5.74) is 2.31. The number of amides is 1. The molecule has 1 aromatic carbocycles. The van der Waals surface area contributed by atoms with Gasteiger partial charge in [-0.25, -0.2) is 0 Å². The summed E-state index contributed by atoms with van der Waals surface area (Å²) >= 11 is 1.81. The molecule has 3 rings (SSSR count). The molecular formula is C19H26N3OS+. The zero-order valence-electron chi connectivity index (χ0n) is 14.4. The number of anilines is 1. The van der Waals surface area contributed by atoms with Crippen LogP contribution in [-0.4, -0.2) is 33.1 Å². The van der Waals surface area contributed by atoms with Crippen LogP contribution >= 0.6 is 11.3 Å². The highest BCUT2D eigenvalue weighted by Crippen LogP contribution is 2.23. The third-order valence-corrected chi connectivity index (χ3v) is 5.69. The number of quaternary nitrogens is 1. The number of thiophene rings is 1. The highest BCUT2D eigenvalue weighted by Gasteiger charge is 2.32. The lowest BCUT2D eigenvalue weighted by Gasteiger charge is -2.20. The Bertz CT molecular complexity index is 652. The topological polar surface area (TPSA) is 36.8 Å². The van der Waals surface area contributed by atoms with Crippen LogP contribution in [0.4, 0.5) is 5.69 Å². The molecule has 1 amide bonds. The largest absolute Gasteiger partial charge is 0.378 e. The highest BCUT2D eigenvalue weighted by atomic mass is 32.1. The van der Waals surface area contributed by atoms with Gasteiger partial charge in [-0.15, -0.1) is 11.3 Å². The maximum atomic E-state index is 12.3. The van der Waals surface area contributed by atoms with Gasteiger partial charge >= 0.3 is 0 Å². The summed E-state index contributed by atoms with van der Waals surface area (Å²) in [6.45, 7) is 2.26. The van der Waals surface area contributed by atoms with E-state index in [4.69, 9.17) is 0 Å². The molecule has 0 spiro atoms. The Morgan fingerprint density at radius 3 is 2.75 bits per heavy atom. The summed E-state index contributed by atoms with van der Waals surface area (Å²) in [6, 6.07) is 13.1. The van der Waals surface area contributed by atoms with Gasteiger partial charge in [0.2, 0.25) is 0 Å². The van der Waals surface area contributed by atoms with Gasteiger partial charge in [0.15, 0.2) is 6.54 Å². The van der Waals surface area contributed by atoms with Gasteiger partial charge in [0.1, 0.15) is 6.04 Å². The number of nitrogens with one attached hydrogen (secondary N) is 2. The number of nitrogens with zero attached hydrogens (tertiary/aromatic N) is 1. The molecule has 2 heterocycles. The molecular weight excluding hydrogens is 318 g/mol. The Hall–Kier alpha value is -1.85. The number of hydrogen-bond donors (Lipinski definition) is 2. The van der Waals surface area contributed by atoms with E-state index in [9.17, 15) is 4.79 Å². The van der Waals surface area contributed by atoms with Gasteiger partial charge in [0, 0.05) is 39.2 Å². The maximum absolute atomic E-state index is 12.3. The standard InChI is InChI=1S/C19H25N3OS/c1-21(2)16-9-7-15(8-10-16)13-20-19(23)14-22-11-3-5-17(22)18-6-4-12-24-18/h4,6-10,12,17H,3,5,11,13-14H2,1-2H3,(H,20,23)/p+1/t17-/m1/s1. The summed E-state index contributed by atoms with van der Waals surface area (Å²) in [7, 11) is 4.05. The van der Waals surface area contributed by atoms with Crippen molar-refractivity contribution in [3.8, 4) is 0 Å². The van der Waals surface area contributed by atoms with Crippen molar-refractivity contribution in [2.75, 3.05) is 32.1 Å². The van der Waals surface area contributed by atoms with E-state index in [2.05, 4.69) is 52.0 Å². The fraction of sp³-hybridized carbons (Fsp3) is 0.421. The zero-order chi connectivity index (χ0) is 16.9. The maximum Gasteiger partial charge on any atom is 0.275 e. The van der Waals surface area contributed by atoms with Crippen molar-refractivity contribution in [3.63, 3.8) is 0 Å². The molecule has 1 fully saturated rings. The lowest BCUT2D eigenvalue weighted by atomic mass is 10.2. The minimum atomic E-state index is 0.144. The van der Waals surface area contributed by atoms with Gasteiger partial charge in [-0.2, -0.15) is 0 Å². The minimum Gasteiger partial charge on any atom is -0.378 e. The molecule has 0 saturated carbocycles. The van der Waals surface area contributed by atoms with E-state index >= 15 is 0 Å². The quantitative estimate of drug-likeness (QED) is 0.839. The second-order valence-electron chi connectivity index (χ2n) is 6.63. The van der Waals surface area contributed by atoms with Crippen molar-refractivity contribution in [2.24, 2.45) is 0 Å². The molecule has 1 unspecified atom stereocenters. The molecule has 2 N–H and O–H groups in total. The average Bonchev–Trinajstić information content (AvgIpc) is 3.24. The Labute approximate surface area is 148 Å². The first-order valence-corrected chi connectivity index (χ1v) is 9.42. The lowest BCUT2D eigenvalue weighted by molar-refractivity contribution is -0.910. The number of likely N-dealkylation sites (tertiary alicyclic amines) is 1. The van der Waals surface area contributed by atoms with Gasteiger partial charge in [-0.1, -0.05) is 18.2 Å². The Balaban J connectivity index is 1.50. The lowest BCUT2D eigenvalue weighted by Crippen LogP contribution is -3.11. The van der Waals surface area contributed by atoms with Crippen LogP contribution in [0.5, 0.6) is 0 Å². The predicted molar refractivity (Wildman–Crippen MR) is 99.6 cm³/mol. The molecule has 128 valence electrons. The number of carbonyl (C=O) groups excluding carboxylic acids is 1. The van der Waals surface area contributed by atoms with Crippen LogP contribution in [0.25, 0.3) is 0 Å². The van der Waals surface area contributed by atoms with Crippen molar-refractivity contribution >= 4 is 22.9 Å². The second kappa shape index (κ2) is 7.81. The van der Waals surface area contributed by atoms with Crippen LogP contribution < -0.4 is 15.1 Å². The molecule has 4 nitrogen and oxygen atoms in total. The third-order valence-electron chi connectivity index (χ3n) is 4.70. The smallest absolute Gasteiger partial charge is 0.275 e. The van der Waals surface area contributed by atoms with E-state index in [0.717, 1.165) is 12.1 Å². The van der Waals surface area contributed by atoms with Gasteiger partial charge in [-0.05, 0) is 29.1 Å². The first-order chi connectivity index (χ1) is 11.6. The molecule has 5 heteroatoms. The minimum absolute atomic E-state index is 0.144. The monoisotopic (exact) mass is 344 g/mol. The first-order valence-electron chi connectivity index (χ1n) is 8.54. The summed E-state index contributed by atoms with van der Waals surface area (Å²) in [4.78, 5) is 17.2. The molecule has 0 bridgehead atoms. The van der Waals surface area contributed by atoms with E-state index in [1.807, 2.05) is 25.4 Å². The molecule has 2 aromatic rings. The Morgan fingerprint density at radius 2 is 2.08 bits per heavy atom. The van der Waals surface area contributed by atoms with Gasteiger partial charge < -0.3 is 15.1 Å². The number of carbonyl (C=O) groups is 1. The number of benzene rings is 1. The summed E-state index contributed by atoms with van der Waals surface area (Å²) in [5, 5.41) is 5.20. The summed E-state index contributed by atoms with van der Waals surface area (Å²) < 4.78 is 0. The van der Waals surface area contributed by atoms with Crippen molar-refractivity contribution in [2.45, 2.75) is 25.4 Å².